The molecule has 76 valence electrons. The highest BCUT2D eigenvalue weighted by Crippen LogP contribution is 2.15. The lowest BCUT2D eigenvalue weighted by atomic mass is 10.3. The Morgan fingerprint density at radius 3 is 2.14 bits per heavy atom. The van der Waals surface area contributed by atoms with Crippen LogP contribution in [0.15, 0.2) is 29.2 Å². The first-order valence-electron chi connectivity index (χ1n) is 3.65. The SMILES string of the molecule is CC(=O)Oc1ccc(S(=O)(=O)O)cc1. The van der Waals surface area contributed by atoms with Crippen molar-refractivity contribution in [3.63, 3.8) is 0 Å². The van der Waals surface area contributed by atoms with Crippen LogP contribution >= 0.6 is 0 Å². The van der Waals surface area contributed by atoms with E-state index in [0.29, 0.717) is 0 Å². The van der Waals surface area contributed by atoms with Gasteiger partial charge in [-0.25, -0.2) is 0 Å². The van der Waals surface area contributed by atoms with Crippen molar-refractivity contribution >= 4 is 16.1 Å². The fraction of sp³-hybridized carbons (Fsp3) is 0.125. The van der Waals surface area contributed by atoms with Gasteiger partial charge in [0.15, 0.2) is 0 Å². The molecule has 1 aromatic rings. The Bertz CT molecular complexity index is 431. The van der Waals surface area contributed by atoms with Gasteiger partial charge in [-0.1, -0.05) is 0 Å². The fourth-order valence-electron chi connectivity index (χ4n) is 0.846. The van der Waals surface area contributed by atoms with Gasteiger partial charge in [0.05, 0.1) is 4.90 Å². The average Bonchev–Trinajstić information content (AvgIpc) is 2.02. The molecule has 0 saturated carbocycles. The fourth-order valence-corrected chi connectivity index (χ4v) is 1.33. The summed E-state index contributed by atoms with van der Waals surface area (Å²) in [5.74, 6) is -0.269. The van der Waals surface area contributed by atoms with Crippen molar-refractivity contribution in [3.05, 3.63) is 24.3 Å². The molecule has 0 bridgehead atoms. The van der Waals surface area contributed by atoms with Gasteiger partial charge in [-0.15, -0.1) is 0 Å². The van der Waals surface area contributed by atoms with E-state index in [4.69, 9.17) is 4.55 Å². The van der Waals surface area contributed by atoms with Gasteiger partial charge in [-0.2, -0.15) is 8.42 Å². The third-order valence-corrected chi connectivity index (χ3v) is 2.25. The Balaban J connectivity index is 2.95. The van der Waals surface area contributed by atoms with Gasteiger partial charge in [0.2, 0.25) is 0 Å². The van der Waals surface area contributed by atoms with Gasteiger partial charge >= 0.3 is 5.97 Å². The molecular formula is C8H8O5S. The minimum Gasteiger partial charge on any atom is -0.427 e. The van der Waals surface area contributed by atoms with Crippen molar-refractivity contribution < 1.29 is 22.5 Å². The normalized spacial score (nSPS) is 11.0. The Kier molecular flexibility index (Phi) is 2.87. The topological polar surface area (TPSA) is 80.7 Å². The van der Waals surface area contributed by atoms with Crippen LogP contribution < -0.4 is 4.74 Å². The maximum absolute atomic E-state index is 10.6. The summed E-state index contributed by atoms with van der Waals surface area (Å²) in [6.07, 6.45) is 0. The van der Waals surface area contributed by atoms with Crippen molar-refractivity contribution in [2.75, 3.05) is 0 Å². The number of benzene rings is 1. The van der Waals surface area contributed by atoms with Crippen LogP contribution in [-0.4, -0.2) is 18.9 Å². The van der Waals surface area contributed by atoms with Gasteiger partial charge in [0.25, 0.3) is 10.1 Å². The molecule has 0 fully saturated rings. The van der Waals surface area contributed by atoms with Crippen LogP contribution in [0, 0.1) is 0 Å². The molecule has 0 amide bonds. The van der Waals surface area contributed by atoms with Crippen molar-refractivity contribution in [2.24, 2.45) is 0 Å². The molecule has 0 unspecified atom stereocenters. The third-order valence-electron chi connectivity index (χ3n) is 1.38. The second-order valence-corrected chi connectivity index (χ2v) is 3.96. The molecular weight excluding hydrogens is 208 g/mol. The molecule has 5 nitrogen and oxygen atoms in total. The Morgan fingerprint density at radius 1 is 1.29 bits per heavy atom. The molecule has 0 saturated heterocycles. The first kappa shape index (κ1) is 10.7. The number of ether oxygens (including phenoxy) is 1. The van der Waals surface area contributed by atoms with E-state index < -0.39 is 16.1 Å². The number of hydrogen-bond donors (Lipinski definition) is 1. The predicted molar refractivity (Wildman–Crippen MR) is 47.6 cm³/mol. The Labute approximate surface area is 81.1 Å². The van der Waals surface area contributed by atoms with Crippen molar-refractivity contribution in [1.82, 2.24) is 0 Å². The van der Waals surface area contributed by atoms with E-state index in [9.17, 15) is 13.2 Å². The van der Waals surface area contributed by atoms with Gasteiger partial charge in [-0.3, -0.25) is 9.35 Å². The van der Waals surface area contributed by atoms with Crippen LogP contribution in [0.3, 0.4) is 0 Å². The predicted octanol–water partition coefficient (Wildman–Crippen LogP) is 0.859. The highest BCUT2D eigenvalue weighted by Gasteiger charge is 2.08. The highest BCUT2D eigenvalue weighted by atomic mass is 32.2. The molecule has 0 atom stereocenters. The van der Waals surface area contributed by atoms with Crippen LogP contribution in [0.25, 0.3) is 0 Å². The average molecular weight is 216 g/mol. The van der Waals surface area contributed by atoms with Gasteiger partial charge in [0.1, 0.15) is 5.75 Å². The Morgan fingerprint density at radius 2 is 1.79 bits per heavy atom. The number of esters is 1. The van der Waals surface area contributed by atoms with Gasteiger partial charge < -0.3 is 4.74 Å². The van der Waals surface area contributed by atoms with E-state index in [1.54, 1.807) is 0 Å². The zero-order valence-corrected chi connectivity index (χ0v) is 8.11. The molecule has 0 heterocycles. The van der Waals surface area contributed by atoms with Crippen LogP contribution in [0.4, 0.5) is 0 Å². The van der Waals surface area contributed by atoms with Gasteiger partial charge in [-0.05, 0) is 24.3 Å². The molecule has 0 spiro atoms. The lowest BCUT2D eigenvalue weighted by Crippen LogP contribution is -2.02. The summed E-state index contributed by atoms with van der Waals surface area (Å²) in [6.45, 7) is 1.23. The molecule has 1 aromatic carbocycles. The number of carbonyl (C=O) groups is 1. The summed E-state index contributed by atoms with van der Waals surface area (Å²) in [7, 11) is -4.19. The maximum Gasteiger partial charge on any atom is 0.308 e. The van der Waals surface area contributed by atoms with Crippen LogP contribution in [0.2, 0.25) is 0 Å². The molecule has 0 aliphatic rings. The first-order valence-corrected chi connectivity index (χ1v) is 5.09. The Hall–Kier alpha value is -1.40. The van der Waals surface area contributed by atoms with Crippen molar-refractivity contribution in [1.29, 1.82) is 0 Å². The van der Waals surface area contributed by atoms with E-state index in [-0.39, 0.29) is 10.6 Å². The standard InChI is InChI=1S/C8H8O5S/c1-6(9)13-7-2-4-8(5-3-7)14(10,11)12/h2-5H,1H3,(H,10,11,12). The maximum atomic E-state index is 10.6. The van der Waals surface area contributed by atoms with E-state index in [0.717, 1.165) is 12.1 Å². The second kappa shape index (κ2) is 3.77. The van der Waals surface area contributed by atoms with E-state index in [2.05, 4.69) is 4.74 Å². The summed E-state index contributed by atoms with van der Waals surface area (Å²) < 4.78 is 34.5. The molecule has 6 heteroatoms. The van der Waals surface area contributed by atoms with E-state index >= 15 is 0 Å². The zero-order chi connectivity index (χ0) is 10.8. The summed E-state index contributed by atoms with van der Waals surface area (Å²) in [6, 6.07) is 4.86. The van der Waals surface area contributed by atoms with E-state index in [1.165, 1.54) is 19.1 Å². The first-order chi connectivity index (χ1) is 6.39. The number of carbonyl (C=O) groups excluding carboxylic acids is 1. The van der Waals surface area contributed by atoms with E-state index in [1.807, 2.05) is 0 Å². The third kappa shape index (κ3) is 2.82. The van der Waals surface area contributed by atoms with Crippen molar-refractivity contribution in [2.45, 2.75) is 11.8 Å². The minimum absolute atomic E-state index is 0.227. The zero-order valence-electron chi connectivity index (χ0n) is 7.30. The minimum atomic E-state index is -4.19. The summed E-state index contributed by atoms with van der Waals surface area (Å²) in [5, 5.41) is 0. The summed E-state index contributed by atoms with van der Waals surface area (Å²) >= 11 is 0. The lowest BCUT2D eigenvalue weighted by molar-refractivity contribution is -0.131. The van der Waals surface area contributed by atoms with Crippen molar-refractivity contribution in [3.8, 4) is 5.75 Å². The summed E-state index contributed by atoms with van der Waals surface area (Å²) in [4.78, 5) is 10.3. The molecule has 1 rings (SSSR count). The molecule has 0 aliphatic carbocycles. The largest absolute Gasteiger partial charge is 0.427 e. The second-order valence-electron chi connectivity index (χ2n) is 2.54. The smallest absolute Gasteiger partial charge is 0.308 e. The molecule has 1 N–H and O–H groups in total. The van der Waals surface area contributed by atoms with Crippen LogP contribution in [0.5, 0.6) is 5.75 Å². The lowest BCUT2D eigenvalue weighted by Gasteiger charge is -2.01. The highest BCUT2D eigenvalue weighted by molar-refractivity contribution is 7.85. The number of rotatable bonds is 2. The molecule has 0 aromatic heterocycles. The summed E-state index contributed by atoms with van der Waals surface area (Å²) in [5.41, 5.74) is 0. The van der Waals surface area contributed by atoms with Gasteiger partial charge in [0, 0.05) is 6.92 Å². The number of hydrogen-bond acceptors (Lipinski definition) is 4. The molecule has 14 heavy (non-hydrogen) atoms. The quantitative estimate of drug-likeness (QED) is 0.450. The van der Waals surface area contributed by atoms with Crippen LogP contribution in [-0.2, 0) is 14.9 Å². The monoisotopic (exact) mass is 216 g/mol. The molecule has 0 radical (unpaired) electrons. The molecule has 0 aliphatic heterocycles. The van der Waals surface area contributed by atoms with Crippen LogP contribution in [0.1, 0.15) is 6.92 Å².